The zero-order valence-electron chi connectivity index (χ0n) is 12.5. The van der Waals surface area contributed by atoms with E-state index >= 15 is 0 Å². The molecule has 0 amide bonds. The number of benzene rings is 1. The molecular weight excluding hydrogens is 369 g/mol. The Morgan fingerprint density at radius 2 is 1.95 bits per heavy atom. The molecule has 0 unspecified atom stereocenters. The summed E-state index contributed by atoms with van der Waals surface area (Å²) in [6, 6.07) is 4.11. The van der Waals surface area contributed by atoms with Gasteiger partial charge in [-0.3, -0.25) is 0 Å². The summed E-state index contributed by atoms with van der Waals surface area (Å²) >= 11 is 2.26. The highest BCUT2D eigenvalue weighted by Gasteiger charge is 2.09. The Labute approximate surface area is 135 Å². The van der Waals surface area contributed by atoms with Gasteiger partial charge in [0.2, 0.25) is 0 Å². The van der Waals surface area contributed by atoms with Crippen molar-refractivity contribution in [2.45, 2.75) is 26.3 Å². The maximum Gasteiger partial charge on any atom is 0.174 e. The monoisotopic (exact) mass is 393 g/mol. The topological polar surface area (TPSA) is 39.7 Å². The van der Waals surface area contributed by atoms with E-state index in [1.807, 2.05) is 6.07 Å². The van der Waals surface area contributed by atoms with Crippen molar-refractivity contribution in [3.63, 3.8) is 0 Å². The number of rotatable bonds is 10. The number of nitrogens with one attached hydrogen (secondary N) is 1. The molecule has 0 aliphatic rings. The van der Waals surface area contributed by atoms with Crippen LogP contribution in [0.4, 0.5) is 0 Å². The third kappa shape index (κ3) is 5.85. The van der Waals surface area contributed by atoms with E-state index in [2.05, 4.69) is 40.9 Å². The number of ether oxygens (including phenoxy) is 3. The first-order valence-corrected chi connectivity index (χ1v) is 7.99. The molecule has 0 atom stereocenters. The fourth-order valence-electron chi connectivity index (χ4n) is 1.80. The number of halogens is 1. The zero-order valence-corrected chi connectivity index (χ0v) is 14.7. The molecule has 0 saturated carbocycles. The van der Waals surface area contributed by atoms with Crippen LogP contribution in [-0.4, -0.2) is 34.0 Å². The molecule has 0 heterocycles. The Morgan fingerprint density at radius 3 is 2.60 bits per heavy atom. The Morgan fingerprint density at radius 1 is 1.15 bits per heavy atom. The molecule has 0 bridgehead atoms. The summed E-state index contributed by atoms with van der Waals surface area (Å²) in [4.78, 5) is 0. The summed E-state index contributed by atoms with van der Waals surface area (Å²) in [5.74, 6) is 1.56. The smallest absolute Gasteiger partial charge is 0.174 e. The quantitative estimate of drug-likeness (QED) is 0.490. The molecule has 0 spiro atoms. The summed E-state index contributed by atoms with van der Waals surface area (Å²) < 4.78 is 17.2. The average Bonchev–Trinajstić information content (AvgIpc) is 2.45. The van der Waals surface area contributed by atoms with E-state index in [-0.39, 0.29) is 0 Å². The first kappa shape index (κ1) is 17.5. The van der Waals surface area contributed by atoms with Crippen molar-refractivity contribution in [2.24, 2.45) is 0 Å². The van der Waals surface area contributed by atoms with Crippen LogP contribution in [0.2, 0.25) is 0 Å². The summed E-state index contributed by atoms with van der Waals surface area (Å²) in [6.07, 6.45) is 2.31. The first-order chi connectivity index (χ1) is 9.72. The lowest BCUT2D eigenvalue weighted by Crippen LogP contribution is -2.19. The van der Waals surface area contributed by atoms with Gasteiger partial charge in [-0.2, -0.15) is 0 Å². The Bertz CT molecular complexity index is 399. The largest absolute Gasteiger partial charge is 0.493 e. The van der Waals surface area contributed by atoms with Gasteiger partial charge in [-0.15, -0.1) is 0 Å². The first-order valence-electron chi connectivity index (χ1n) is 6.91. The van der Waals surface area contributed by atoms with Crippen LogP contribution in [-0.2, 0) is 11.3 Å². The van der Waals surface area contributed by atoms with Crippen LogP contribution in [0.25, 0.3) is 0 Å². The molecule has 1 N–H and O–H groups in total. The van der Waals surface area contributed by atoms with Gasteiger partial charge in [0.15, 0.2) is 11.5 Å². The van der Waals surface area contributed by atoms with Crippen LogP contribution in [0.5, 0.6) is 11.5 Å². The van der Waals surface area contributed by atoms with Gasteiger partial charge in [-0.1, -0.05) is 13.3 Å². The van der Waals surface area contributed by atoms with E-state index in [9.17, 15) is 0 Å². The SMILES string of the molecule is CCCCOCCNCc1cc(I)c(OC)c(OC)c1. The van der Waals surface area contributed by atoms with Gasteiger partial charge in [0, 0.05) is 19.7 Å². The normalized spacial score (nSPS) is 10.6. The molecule has 20 heavy (non-hydrogen) atoms. The van der Waals surface area contributed by atoms with Crippen LogP contribution < -0.4 is 14.8 Å². The third-order valence-corrected chi connectivity index (χ3v) is 3.69. The van der Waals surface area contributed by atoms with E-state index in [0.29, 0.717) is 0 Å². The van der Waals surface area contributed by atoms with E-state index in [4.69, 9.17) is 14.2 Å². The molecule has 0 aliphatic carbocycles. The molecule has 0 fully saturated rings. The van der Waals surface area contributed by atoms with Crippen molar-refractivity contribution in [2.75, 3.05) is 34.0 Å². The minimum atomic E-state index is 0.754. The second-order valence-electron chi connectivity index (χ2n) is 4.46. The highest BCUT2D eigenvalue weighted by Crippen LogP contribution is 2.33. The van der Waals surface area contributed by atoms with Crippen LogP contribution in [0.15, 0.2) is 12.1 Å². The minimum absolute atomic E-state index is 0.754. The summed E-state index contributed by atoms with van der Waals surface area (Å²) in [5.41, 5.74) is 1.18. The average molecular weight is 393 g/mol. The predicted molar refractivity (Wildman–Crippen MR) is 89.7 cm³/mol. The van der Waals surface area contributed by atoms with Crippen molar-refractivity contribution >= 4 is 22.6 Å². The second-order valence-corrected chi connectivity index (χ2v) is 5.62. The van der Waals surface area contributed by atoms with Gasteiger partial charge in [0.05, 0.1) is 24.4 Å². The van der Waals surface area contributed by atoms with Gasteiger partial charge >= 0.3 is 0 Å². The predicted octanol–water partition coefficient (Wildman–Crippen LogP) is 3.21. The highest BCUT2D eigenvalue weighted by atomic mass is 127. The van der Waals surface area contributed by atoms with Gasteiger partial charge in [-0.25, -0.2) is 0 Å². The van der Waals surface area contributed by atoms with Gasteiger partial charge in [0.25, 0.3) is 0 Å². The number of methoxy groups -OCH3 is 2. The van der Waals surface area contributed by atoms with Gasteiger partial charge in [0.1, 0.15) is 0 Å². The van der Waals surface area contributed by atoms with E-state index in [0.717, 1.165) is 47.8 Å². The minimum Gasteiger partial charge on any atom is -0.493 e. The van der Waals surface area contributed by atoms with Crippen LogP contribution in [0, 0.1) is 3.57 Å². The molecule has 1 rings (SSSR count). The lowest BCUT2D eigenvalue weighted by molar-refractivity contribution is 0.133. The van der Waals surface area contributed by atoms with Crippen LogP contribution >= 0.6 is 22.6 Å². The number of unbranched alkanes of at least 4 members (excludes halogenated alkanes) is 1. The van der Waals surface area contributed by atoms with Gasteiger partial charge in [-0.05, 0) is 46.7 Å². The van der Waals surface area contributed by atoms with E-state index in [1.54, 1.807) is 14.2 Å². The second kappa shape index (κ2) is 10.2. The standard InChI is InChI=1S/C15H24INO3/c1-4-5-7-20-8-6-17-11-12-9-13(16)15(19-3)14(10-12)18-2/h9-10,17H,4-8,11H2,1-3H3. The molecule has 0 aromatic heterocycles. The van der Waals surface area contributed by atoms with Crippen molar-refractivity contribution in [3.05, 3.63) is 21.3 Å². The zero-order chi connectivity index (χ0) is 14.8. The molecule has 0 aliphatic heterocycles. The lowest BCUT2D eigenvalue weighted by atomic mass is 10.2. The maximum absolute atomic E-state index is 5.51. The lowest BCUT2D eigenvalue weighted by Gasteiger charge is -2.12. The van der Waals surface area contributed by atoms with Crippen molar-refractivity contribution in [1.82, 2.24) is 5.32 Å². The molecule has 1 aromatic rings. The molecular formula is C15H24INO3. The molecule has 1 aromatic carbocycles. The Balaban J connectivity index is 2.39. The molecule has 0 saturated heterocycles. The maximum atomic E-state index is 5.51. The number of hydrogen-bond acceptors (Lipinski definition) is 4. The Kier molecular flexibility index (Phi) is 8.97. The Hall–Kier alpha value is -0.530. The molecule has 5 heteroatoms. The highest BCUT2D eigenvalue weighted by molar-refractivity contribution is 14.1. The molecule has 114 valence electrons. The third-order valence-electron chi connectivity index (χ3n) is 2.89. The van der Waals surface area contributed by atoms with Crippen molar-refractivity contribution in [1.29, 1.82) is 0 Å². The number of hydrogen-bond donors (Lipinski definition) is 1. The molecule has 4 nitrogen and oxygen atoms in total. The van der Waals surface area contributed by atoms with Crippen molar-refractivity contribution < 1.29 is 14.2 Å². The fourth-order valence-corrected chi connectivity index (χ4v) is 2.68. The van der Waals surface area contributed by atoms with Gasteiger partial charge < -0.3 is 19.5 Å². The summed E-state index contributed by atoms with van der Waals surface area (Å²) in [7, 11) is 3.32. The summed E-state index contributed by atoms with van der Waals surface area (Å²) in [5, 5.41) is 3.37. The van der Waals surface area contributed by atoms with Crippen LogP contribution in [0.1, 0.15) is 25.3 Å². The summed E-state index contributed by atoms with van der Waals surface area (Å²) in [6.45, 7) is 5.43. The van der Waals surface area contributed by atoms with Crippen LogP contribution in [0.3, 0.4) is 0 Å². The molecule has 0 radical (unpaired) electrons. The van der Waals surface area contributed by atoms with Crippen molar-refractivity contribution in [3.8, 4) is 11.5 Å². The van der Waals surface area contributed by atoms with E-state index < -0.39 is 0 Å². The fraction of sp³-hybridized carbons (Fsp3) is 0.600. The van der Waals surface area contributed by atoms with E-state index in [1.165, 1.54) is 12.0 Å².